The van der Waals surface area contributed by atoms with E-state index in [1.54, 1.807) is 0 Å². The SMILES string of the molecule is COc1cc(CN2CCCC3CCCCC32)c([N+](=O)[O-])cc1OC(F)F. The second-order valence-electron chi connectivity index (χ2n) is 6.99. The Morgan fingerprint density at radius 2 is 1.96 bits per heavy atom. The number of piperidine rings is 1. The normalized spacial score (nSPS) is 23.5. The van der Waals surface area contributed by atoms with Crippen molar-refractivity contribution >= 4 is 5.69 Å². The molecule has 8 heteroatoms. The summed E-state index contributed by atoms with van der Waals surface area (Å²) >= 11 is 0. The maximum absolute atomic E-state index is 12.6. The van der Waals surface area contributed by atoms with Crippen LogP contribution in [-0.2, 0) is 6.54 Å². The molecule has 2 fully saturated rings. The Balaban J connectivity index is 1.89. The van der Waals surface area contributed by atoms with Gasteiger partial charge in [-0.1, -0.05) is 12.8 Å². The van der Waals surface area contributed by atoms with Crippen molar-refractivity contribution in [3.63, 3.8) is 0 Å². The monoisotopic (exact) mass is 370 g/mol. The Bertz CT molecular complexity index is 654. The molecule has 0 aromatic heterocycles. The standard InChI is InChI=1S/C18H24F2N2O4/c1-25-16-9-13(15(22(23)24)10-17(16)26-18(19)20)11-21-8-4-6-12-5-2-3-7-14(12)21/h9-10,12,14,18H,2-8,11H2,1H3. The van der Waals surface area contributed by atoms with Crippen molar-refractivity contribution in [1.82, 2.24) is 4.90 Å². The molecule has 1 aliphatic carbocycles. The van der Waals surface area contributed by atoms with E-state index in [0.717, 1.165) is 25.5 Å². The molecular weight excluding hydrogens is 346 g/mol. The lowest BCUT2D eigenvalue weighted by Gasteiger charge is -2.44. The summed E-state index contributed by atoms with van der Waals surface area (Å²) < 4.78 is 34.6. The highest BCUT2D eigenvalue weighted by Crippen LogP contribution is 2.39. The van der Waals surface area contributed by atoms with Gasteiger partial charge in [-0.05, 0) is 44.2 Å². The zero-order valence-electron chi connectivity index (χ0n) is 14.8. The molecular formula is C18H24F2N2O4. The molecule has 6 nitrogen and oxygen atoms in total. The number of alkyl halides is 2. The molecule has 1 aromatic carbocycles. The number of methoxy groups -OCH3 is 1. The van der Waals surface area contributed by atoms with Gasteiger partial charge in [0.2, 0.25) is 0 Å². The minimum Gasteiger partial charge on any atom is -0.493 e. The first-order valence-corrected chi connectivity index (χ1v) is 9.03. The first-order valence-electron chi connectivity index (χ1n) is 9.03. The predicted octanol–water partition coefficient (Wildman–Crippen LogP) is 4.36. The molecule has 1 saturated heterocycles. The third-order valence-electron chi connectivity index (χ3n) is 5.51. The Kier molecular flexibility index (Phi) is 5.90. The Morgan fingerprint density at radius 3 is 2.65 bits per heavy atom. The molecule has 0 amide bonds. The number of halogens is 2. The highest BCUT2D eigenvalue weighted by atomic mass is 19.3. The van der Waals surface area contributed by atoms with Crippen LogP contribution in [0.3, 0.4) is 0 Å². The molecule has 26 heavy (non-hydrogen) atoms. The van der Waals surface area contributed by atoms with Crippen LogP contribution in [0, 0.1) is 16.0 Å². The van der Waals surface area contributed by atoms with E-state index in [1.165, 1.54) is 38.9 Å². The van der Waals surface area contributed by atoms with Gasteiger partial charge in [-0.25, -0.2) is 0 Å². The number of hydrogen-bond donors (Lipinski definition) is 0. The van der Waals surface area contributed by atoms with E-state index in [4.69, 9.17) is 4.74 Å². The van der Waals surface area contributed by atoms with Crippen LogP contribution in [0.15, 0.2) is 12.1 Å². The average Bonchev–Trinajstić information content (AvgIpc) is 2.62. The number of nitrogens with zero attached hydrogens (tertiary/aromatic N) is 2. The van der Waals surface area contributed by atoms with Gasteiger partial charge in [-0.2, -0.15) is 8.78 Å². The number of nitro benzene ring substituents is 1. The summed E-state index contributed by atoms with van der Waals surface area (Å²) in [5.41, 5.74) is 0.263. The molecule has 2 aliphatic rings. The van der Waals surface area contributed by atoms with E-state index in [0.29, 0.717) is 24.1 Å². The van der Waals surface area contributed by atoms with Crippen LogP contribution in [-0.4, -0.2) is 36.1 Å². The molecule has 1 aromatic rings. The maximum Gasteiger partial charge on any atom is 0.387 e. The van der Waals surface area contributed by atoms with Gasteiger partial charge in [0, 0.05) is 18.2 Å². The van der Waals surface area contributed by atoms with E-state index in [9.17, 15) is 18.9 Å². The van der Waals surface area contributed by atoms with E-state index < -0.39 is 11.5 Å². The molecule has 0 radical (unpaired) electrons. The Morgan fingerprint density at radius 1 is 1.23 bits per heavy atom. The van der Waals surface area contributed by atoms with Crippen LogP contribution in [0.4, 0.5) is 14.5 Å². The number of hydrogen-bond acceptors (Lipinski definition) is 5. The molecule has 2 atom stereocenters. The Hall–Kier alpha value is -1.96. The summed E-state index contributed by atoms with van der Waals surface area (Å²) in [6.07, 6.45) is 7.06. The van der Waals surface area contributed by atoms with E-state index in [1.807, 2.05) is 0 Å². The number of nitro groups is 1. The summed E-state index contributed by atoms with van der Waals surface area (Å²) in [6, 6.07) is 2.95. The van der Waals surface area contributed by atoms with E-state index in [-0.39, 0.29) is 17.2 Å². The van der Waals surface area contributed by atoms with Crippen molar-refractivity contribution in [3.05, 3.63) is 27.8 Å². The zero-order valence-corrected chi connectivity index (χ0v) is 14.8. The largest absolute Gasteiger partial charge is 0.493 e. The van der Waals surface area contributed by atoms with Crippen molar-refractivity contribution in [2.45, 2.75) is 57.7 Å². The van der Waals surface area contributed by atoms with Gasteiger partial charge in [0.1, 0.15) is 0 Å². The smallest absolute Gasteiger partial charge is 0.387 e. The van der Waals surface area contributed by atoms with Crippen LogP contribution >= 0.6 is 0 Å². The predicted molar refractivity (Wildman–Crippen MR) is 91.7 cm³/mol. The fourth-order valence-electron chi connectivity index (χ4n) is 4.38. The third-order valence-corrected chi connectivity index (χ3v) is 5.51. The fraction of sp³-hybridized carbons (Fsp3) is 0.667. The van der Waals surface area contributed by atoms with Gasteiger partial charge in [-0.15, -0.1) is 0 Å². The summed E-state index contributed by atoms with van der Waals surface area (Å²) in [6.45, 7) is -1.75. The molecule has 2 unspecified atom stereocenters. The van der Waals surface area contributed by atoms with Crippen LogP contribution in [0.2, 0.25) is 0 Å². The first-order chi connectivity index (χ1) is 12.5. The minimum atomic E-state index is -3.07. The number of benzene rings is 1. The summed E-state index contributed by atoms with van der Waals surface area (Å²) in [5, 5.41) is 11.5. The quantitative estimate of drug-likeness (QED) is 0.550. The van der Waals surface area contributed by atoms with Gasteiger partial charge < -0.3 is 9.47 Å². The maximum atomic E-state index is 12.6. The minimum absolute atomic E-state index is 0.0862. The molecule has 1 heterocycles. The molecule has 0 spiro atoms. The molecule has 3 rings (SSSR count). The molecule has 0 bridgehead atoms. The summed E-state index contributed by atoms with van der Waals surface area (Å²) in [4.78, 5) is 13.2. The molecule has 144 valence electrons. The van der Waals surface area contributed by atoms with Crippen molar-refractivity contribution in [2.24, 2.45) is 5.92 Å². The van der Waals surface area contributed by atoms with E-state index in [2.05, 4.69) is 9.64 Å². The van der Waals surface area contributed by atoms with E-state index >= 15 is 0 Å². The average molecular weight is 370 g/mol. The topological polar surface area (TPSA) is 64.8 Å². The van der Waals surface area contributed by atoms with Gasteiger partial charge in [0.15, 0.2) is 11.5 Å². The molecule has 1 aliphatic heterocycles. The number of ether oxygens (including phenoxy) is 2. The summed E-state index contributed by atoms with van der Waals surface area (Å²) in [5.74, 6) is 0.426. The highest BCUT2D eigenvalue weighted by molar-refractivity contribution is 5.54. The Labute approximate surface area is 151 Å². The lowest BCUT2D eigenvalue weighted by atomic mass is 9.78. The van der Waals surface area contributed by atoms with Crippen LogP contribution in [0.1, 0.15) is 44.1 Å². The number of likely N-dealkylation sites (tertiary alicyclic amines) is 1. The van der Waals surface area contributed by atoms with Crippen LogP contribution < -0.4 is 9.47 Å². The van der Waals surface area contributed by atoms with Gasteiger partial charge in [0.05, 0.1) is 18.1 Å². The van der Waals surface area contributed by atoms with Crippen molar-refractivity contribution in [1.29, 1.82) is 0 Å². The van der Waals surface area contributed by atoms with Gasteiger partial charge in [-0.3, -0.25) is 15.0 Å². The highest BCUT2D eigenvalue weighted by Gasteiger charge is 2.34. The second kappa shape index (κ2) is 8.16. The molecule has 0 N–H and O–H groups in total. The number of rotatable bonds is 6. The number of fused-ring (bicyclic) bond motifs is 1. The van der Waals surface area contributed by atoms with Crippen molar-refractivity contribution in [3.8, 4) is 11.5 Å². The van der Waals surface area contributed by atoms with Crippen LogP contribution in [0.25, 0.3) is 0 Å². The van der Waals surface area contributed by atoms with Gasteiger partial charge in [0.25, 0.3) is 5.69 Å². The second-order valence-corrected chi connectivity index (χ2v) is 6.99. The lowest BCUT2D eigenvalue weighted by Crippen LogP contribution is -2.46. The first kappa shape index (κ1) is 18.8. The lowest BCUT2D eigenvalue weighted by molar-refractivity contribution is -0.385. The molecule has 1 saturated carbocycles. The van der Waals surface area contributed by atoms with Crippen molar-refractivity contribution < 1.29 is 23.2 Å². The zero-order chi connectivity index (χ0) is 18.7. The summed E-state index contributed by atoms with van der Waals surface area (Å²) in [7, 11) is 1.33. The van der Waals surface area contributed by atoms with Gasteiger partial charge >= 0.3 is 6.61 Å². The van der Waals surface area contributed by atoms with Crippen LogP contribution in [0.5, 0.6) is 11.5 Å². The fourth-order valence-corrected chi connectivity index (χ4v) is 4.38. The third kappa shape index (κ3) is 4.06. The van der Waals surface area contributed by atoms with Crippen molar-refractivity contribution in [2.75, 3.05) is 13.7 Å².